The second kappa shape index (κ2) is 8.71. The maximum Gasteiger partial charge on any atom is 0.255 e. The van der Waals surface area contributed by atoms with Gasteiger partial charge in [0.1, 0.15) is 5.82 Å². The number of halogens is 2. The number of carbonyl (C=O) groups is 2. The van der Waals surface area contributed by atoms with Gasteiger partial charge in [-0.05, 0) is 36.4 Å². The summed E-state index contributed by atoms with van der Waals surface area (Å²) in [6.07, 6.45) is 0. The normalized spacial score (nSPS) is 14.8. The van der Waals surface area contributed by atoms with Crippen LogP contribution in [0.5, 0.6) is 0 Å². The molecule has 0 aliphatic carbocycles. The number of rotatable bonds is 4. The Morgan fingerprint density at radius 3 is 2.13 bits per heavy atom. The SMILES string of the molecule is CN(C)S(=O)(=O)c1cccc(C(=O)N2CCN(C(=O)c3ccc(F)cc3Cl)CC2)c1. The van der Waals surface area contributed by atoms with E-state index >= 15 is 0 Å². The van der Waals surface area contributed by atoms with Gasteiger partial charge in [0.2, 0.25) is 10.0 Å². The van der Waals surface area contributed by atoms with Crippen LogP contribution in [-0.2, 0) is 10.0 Å². The van der Waals surface area contributed by atoms with Crippen LogP contribution in [-0.4, -0.2) is 74.6 Å². The molecule has 1 heterocycles. The number of hydrogen-bond donors (Lipinski definition) is 0. The van der Waals surface area contributed by atoms with Crippen molar-refractivity contribution in [2.45, 2.75) is 4.90 Å². The Morgan fingerprint density at radius 2 is 1.57 bits per heavy atom. The van der Waals surface area contributed by atoms with E-state index in [1.54, 1.807) is 15.9 Å². The number of amides is 2. The third-order valence-electron chi connectivity index (χ3n) is 4.88. The summed E-state index contributed by atoms with van der Waals surface area (Å²) in [5.74, 6) is -1.16. The van der Waals surface area contributed by atoms with E-state index in [2.05, 4.69) is 0 Å². The highest BCUT2D eigenvalue weighted by Gasteiger charge is 2.27. The van der Waals surface area contributed by atoms with E-state index in [-0.39, 0.29) is 59.0 Å². The van der Waals surface area contributed by atoms with Crippen LogP contribution >= 0.6 is 11.6 Å². The van der Waals surface area contributed by atoms with E-state index in [0.717, 1.165) is 10.4 Å². The van der Waals surface area contributed by atoms with Gasteiger partial charge in [0.25, 0.3) is 11.8 Å². The van der Waals surface area contributed by atoms with Gasteiger partial charge in [-0.3, -0.25) is 9.59 Å². The largest absolute Gasteiger partial charge is 0.335 e. The quantitative estimate of drug-likeness (QED) is 0.711. The van der Waals surface area contributed by atoms with Crippen molar-refractivity contribution in [1.29, 1.82) is 0 Å². The molecule has 2 aromatic rings. The number of sulfonamides is 1. The molecule has 0 saturated carbocycles. The molecule has 3 rings (SSSR count). The average molecular weight is 454 g/mol. The Balaban J connectivity index is 1.69. The molecule has 0 N–H and O–H groups in total. The van der Waals surface area contributed by atoms with E-state index < -0.39 is 15.8 Å². The van der Waals surface area contributed by atoms with Crippen LogP contribution in [0, 0.1) is 5.82 Å². The fourth-order valence-corrected chi connectivity index (χ4v) is 4.33. The Morgan fingerprint density at radius 1 is 0.967 bits per heavy atom. The lowest BCUT2D eigenvalue weighted by molar-refractivity contribution is 0.0535. The topological polar surface area (TPSA) is 78.0 Å². The standard InChI is InChI=1S/C20H21ClFN3O4S/c1-23(2)30(28,29)16-5-3-4-14(12-16)19(26)24-8-10-25(11-9-24)20(27)17-7-6-15(22)13-18(17)21/h3-7,12-13H,8-11H2,1-2H3. The van der Waals surface area contributed by atoms with E-state index in [9.17, 15) is 22.4 Å². The lowest BCUT2D eigenvalue weighted by atomic mass is 10.1. The fraction of sp³-hybridized carbons (Fsp3) is 0.300. The van der Waals surface area contributed by atoms with Crippen LogP contribution < -0.4 is 0 Å². The summed E-state index contributed by atoms with van der Waals surface area (Å²) in [6.45, 7) is 1.14. The molecule has 0 radical (unpaired) electrons. The Kier molecular flexibility index (Phi) is 6.44. The molecule has 1 fully saturated rings. The smallest absolute Gasteiger partial charge is 0.255 e. The van der Waals surface area contributed by atoms with E-state index in [4.69, 9.17) is 11.6 Å². The molecule has 1 aliphatic heterocycles. The zero-order chi connectivity index (χ0) is 22.1. The monoisotopic (exact) mass is 453 g/mol. The second-order valence-electron chi connectivity index (χ2n) is 7.02. The van der Waals surface area contributed by atoms with Crippen molar-refractivity contribution in [1.82, 2.24) is 14.1 Å². The van der Waals surface area contributed by atoms with Crippen LogP contribution in [0.4, 0.5) is 4.39 Å². The first kappa shape index (κ1) is 22.2. The number of nitrogens with zero attached hydrogens (tertiary/aromatic N) is 3. The summed E-state index contributed by atoms with van der Waals surface area (Å²) in [4.78, 5) is 28.6. The van der Waals surface area contributed by atoms with Gasteiger partial charge in [-0.25, -0.2) is 17.1 Å². The molecule has 1 saturated heterocycles. The molecule has 0 aromatic heterocycles. The van der Waals surface area contributed by atoms with Crippen molar-refractivity contribution >= 4 is 33.4 Å². The van der Waals surface area contributed by atoms with E-state index in [1.165, 1.54) is 44.4 Å². The Bertz CT molecular complexity index is 1080. The Hall–Kier alpha value is -2.49. The fourth-order valence-electron chi connectivity index (χ4n) is 3.13. The van der Waals surface area contributed by atoms with Crippen LogP contribution in [0.25, 0.3) is 0 Å². The second-order valence-corrected chi connectivity index (χ2v) is 9.58. The molecule has 1 aliphatic rings. The number of hydrogen-bond acceptors (Lipinski definition) is 4. The summed E-state index contributed by atoms with van der Waals surface area (Å²) in [6, 6.07) is 9.49. The summed E-state index contributed by atoms with van der Waals surface area (Å²) in [5.41, 5.74) is 0.471. The van der Waals surface area contributed by atoms with Crippen molar-refractivity contribution in [2.75, 3.05) is 40.3 Å². The molecule has 10 heteroatoms. The van der Waals surface area contributed by atoms with Crippen molar-refractivity contribution in [3.05, 3.63) is 64.4 Å². The highest BCUT2D eigenvalue weighted by atomic mass is 35.5. The van der Waals surface area contributed by atoms with Crippen molar-refractivity contribution in [3.63, 3.8) is 0 Å². The van der Waals surface area contributed by atoms with Gasteiger partial charge < -0.3 is 9.80 Å². The minimum atomic E-state index is -3.65. The summed E-state index contributed by atoms with van der Waals surface area (Å²) in [5, 5.41) is 0.0393. The molecule has 0 unspecified atom stereocenters. The van der Waals surface area contributed by atoms with Gasteiger partial charge in [0.15, 0.2) is 0 Å². The van der Waals surface area contributed by atoms with Gasteiger partial charge in [0.05, 0.1) is 15.5 Å². The summed E-state index contributed by atoms with van der Waals surface area (Å²) in [7, 11) is -0.803. The lowest BCUT2D eigenvalue weighted by Gasteiger charge is -2.35. The third-order valence-corrected chi connectivity index (χ3v) is 7.00. The molecule has 0 atom stereocenters. The minimum absolute atomic E-state index is 0.0393. The first-order valence-corrected chi connectivity index (χ1v) is 11.0. The van der Waals surface area contributed by atoms with Crippen molar-refractivity contribution in [3.8, 4) is 0 Å². The molecular formula is C20H21ClFN3O4S. The molecule has 30 heavy (non-hydrogen) atoms. The first-order valence-electron chi connectivity index (χ1n) is 9.17. The predicted molar refractivity (Wildman–Crippen MR) is 111 cm³/mol. The molecule has 160 valence electrons. The Labute approximate surface area is 179 Å². The highest BCUT2D eigenvalue weighted by molar-refractivity contribution is 7.89. The zero-order valence-corrected chi connectivity index (χ0v) is 18.1. The number of benzene rings is 2. The van der Waals surface area contributed by atoms with Gasteiger partial charge in [0, 0.05) is 45.8 Å². The van der Waals surface area contributed by atoms with Gasteiger partial charge in [-0.15, -0.1) is 0 Å². The predicted octanol–water partition coefficient (Wildman–Crippen LogP) is 2.33. The maximum absolute atomic E-state index is 13.2. The van der Waals surface area contributed by atoms with Gasteiger partial charge >= 0.3 is 0 Å². The molecule has 7 nitrogen and oxygen atoms in total. The van der Waals surface area contributed by atoms with Gasteiger partial charge in [-0.1, -0.05) is 17.7 Å². The van der Waals surface area contributed by atoms with Crippen LogP contribution in [0.15, 0.2) is 47.4 Å². The van der Waals surface area contributed by atoms with Crippen LogP contribution in [0.3, 0.4) is 0 Å². The molecule has 0 bridgehead atoms. The first-order chi connectivity index (χ1) is 14.1. The number of piperazine rings is 1. The van der Waals surface area contributed by atoms with Gasteiger partial charge in [-0.2, -0.15) is 0 Å². The molecule has 0 spiro atoms. The highest BCUT2D eigenvalue weighted by Crippen LogP contribution is 2.21. The lowest BCUT2D eigenvalue weighted by Crippen LogP contribution is -2.50. The van der Waals surface area contributed by atoms with Crippen LogP contribution in [0.2, 0.25) is 5.02 Å². The van der Waals surface area contributed by atoms with E-state index in [0.29, 0.717) is 0 Å². The minimum Gasteiger partial charge on any atom is -0.335 e. The average Bonchev–Trinajstić information content (AvgIpc) is 2.73. The third kappa shape index (κ3) is 4.48. The number of carbonyl (C=O) groups excluding carboxylic acids is 2. The van der Waals surface area contributed by atoms with Crippen molar-refractivity contribution in [2.24, 2.45) is 0 Å². The maximum atomic E-state index is 13.2. The molecule has 2 amide bonds. The van der Waals surface area contributed by atoms with Crippen molar-refractivity contribution < 1.29 is 22.4 Å². The molecular weight excluding hydrogens is 433 g/mol. The van der Waals surface area contributed by atoms with Crippen LogP contribution in [0.1, 0.15) is 20.7 Å². The summed E-state index contributed by atoms with van der Waals surface area (Å²) < 4.78 is 38.9. The van der Waals surface area contributed by atoms with E-state index in [1.807, 2.05) is 0 Å². The molecule has 2 aromatic carbocycles. The summed E-state index contributed by atoms with van der Waals surface area (Å²) >= 11 is 5.97. The zero-order valence-electron chi connectivity index (χ0n) is 16.5.